The normalized spacial score (nSPS) is 9.89. The molecule has 0 saturated carbocycles. The van der Waals surface area contributed by atoms with Gasteiger partial charge in [0.2, 0.25) is 0 Å². The van der Waals surface area contributed by atoms with Crippen molar-refractivity contribution in [1.29, 1.82) is 0 Å². The van der Waals surface area contributed by atoms with Crippen molar-refractivity contribution < 1.29 is 4.79 Å². The summed E-state index contributed by atoms with van der Waals surface area (Å²) in [5, 5.41) is 2.80. The molecule has 0 spiro atoms. The first-order chi connectivity index (χ1) is 8.70. The van der Waals surface area contributed by atoms with Gasteiger partial charge in [0.1, 0.15) is 0 Å². The molecule has 0 aliphatic carbocycles. The van der Waals surface area contributed by atoms with E-state index in [-0.39, 0.29) is 5.91 Å². The quantitative estimate of drug-likeness (QED) is 0.567. The molecule has 2 aromatic rings. The Labute approximate surface area is 105 Å². The van der Waals surface area contributed by atoms with E-state index >= 15 is 0 Å². The van der Waals surface area contributed by atoms with E-state index in [1.54, 1.807) is 12.3 Å². The number of rotatable bonds is 3. The lowest BCUT2D eigenvalue weighted by Gasteiger charge is -2.09. The fourth-order valence-electron chi connectivity index (χ4n) is 1.54. The lowest BCUT2D eigenvalue weighted by atomic mass is 10.2. The third-order valence-corrected chi connectivity index (χ3v) is 2.53. The van der Waals surface area contributed by atoms with Gasteiger partial charge in [-0.1, -0.05) is 17.7 Å². The number of nitrogens with two attached hydrogens (primary N) is 1. The third kappa shape index (κ3) is 2.64. The minimum Gasteiger partial charge on any atom is -0.322 e. The van der Waals surface area contributed by atoms with E-state index in [1.807, 2.05) is 31.2 Å². The van der Waals surface area contributed by atoms with Crippen molar-refractivity contribution in [3.8, 4) is 0 Å². The van der Waals surface area contributed by atoms with Gasteiger partial charge in [0.15, 0.2) is 0 Å². The molecule has 0 atom stereocenters. The largest absolute Gasteiger partial charge is 0.322 e. The van der Waals surface area contributed by atoms with Crippen molar-refractivity contribution in [3.63, 3.8) is 0 Å². The summed E-state index contributed by atoms with van der Waals surface area (Å²) in [6.07, 6.45) is 3.05. The number of pyridine rings is 1. The summed E-state index contributed by atoms with van der Waals surface area (Å²) in [5.74, 6) is 5.10. The van der Waals surface area contributed by atoms with Gasteiger partial charge in [-0.15, -0.1) is 0 Å². The summed E-state index contributed by atoms with van der Waals surface area (Å²) in [5.41, 5.74) is 5.27. The van der Waals surface area contributed by atoms with Gasteiger partial charge >= 0.3 is 0 Å². The van der Waals surface area contributed by atoms with Crippen LogP contribution in [-0.4, -0.2) is 10.9 Å². The van der Waals surface area contributed by atoms with Crippen LogP contribution in [0, 0.1) is 6.92 Å². The molecule has 0 radical (unpaired) electrons. The number of hydrazine groups is 1. The number of nitrogens with zero attached hydrogens (tertiary/aromatic N) is 1. The number of benzene rings is 1. The zero-order chi connectivity index (χ0) is 13.0. The average molecular weight is 242 g/mol. The van der Waals surface area contributed by atoms with Crippen LogP contribution in [0.15, 0.2) is 42.7 Å². The smallest absolute Gasteiger partial charge is 0.257 e. The van der Waals surface area contributed by atoms with E-state index in [1.165, 1.54) is 6.20 Å². The Morgan fingerprint density at radius 3 is 2.61 bits per heavy atom. The average Bonchev–Trinajstić information content (AvgIpc) is 2.41. The maximum absolute atomic E-state index is 12.0. The molecule has 4 N–H and O–H groups in total. The monoisotopic (exact) mass is 242 g/mol. The number of anilines is 2. The van der Waals surface area contributed by atoms with Crippen molar-refractivity contribution >= 4 is 17.3 Å². The zero-order valence-electron chi connectivity index (χ0n) is 9.97. The molecule has 2 rings (SSSR count). The Kier molecular flexibility index (Phi) is 3.54. The number of hydrogen-bond donors (Lipinski definition) is 3. The maximum Gasteiger partial charge on any atom is 0.257 e. The molecule has 1 amide bonds. The van der Waals surface area contributed by atoms with Crippen molar-refractivity contribution in [2.75, 3.05) is 10.7 Å². The molecular formula is C13H14N4O. The molecule has 18 heavy (non-hydrogen) atoms. The topological polar surface area (TPSA) is 80.0 Å². The van der Waals surface area contributed by atoms with Gasteiger partial charge in [0.25, 0.3) is 5.91 Å². The number of nitrogens with one attached hydrogen (secondary N) is 2. The first kappa shape index (κ1) is 12.1. The van der Waals surface area contributed by atoms with E-state index < -0.39 is 0 Å². The number of hydrogen-bond acceptors (Lipinski definition) is 4. The predicted octanol–water partition coefficient (Wildman–Crippen LogP) is 1.93. The van der Waals surface area contributed by atoms with Crippen LogP contribution in [0.1, 0.15) is 15.9 Å². The van der Waals surface area contributed by atoms with Gasteiger partial charge < -0.3 is 10.7 Å². The van der Waals surface area contributed by atoms with Crippen molar-refractivity contribution in [2.24, 2.45) is 5.84 Å². The maximum atomic E-state index is 12.0. The number of nitrogen functional groups attached to an aromatic ring is 1. The summed E-state index contributed by atoms with van der Waals surface area (Å²) < 4.78 is 0. The second-order valence-electron chi connectivity index (χ2n) is 3.89. The zero-order valence-corrected chi connectivity index (χ0v) is 9.97. The van der Waals surface area contributed by atoms with Crippen LogP contribution in [0.4, 0.5) is 11.4 Å². The number of aromatic nitrogens is 1. The highest BCUT2D eigenvalue weighted by Gasteiger charge is 2.10. The van der Waals surface area contributed by atoms with E-state index in [9.17, 15) is 4.79 Å². The van der Waals surface area contributed by atoms with Crippen LogP contribution >= 0.6 is 0 Å². The van der Waals surface area contributed by atoms with E-state index in [2.05, 4.69) is 15.7 Å². The van der Waals surface area contributed by atoms with Gasteiger partial charge in [0.05, 0.1) is 17.4 Å². The highest BCUT2D eigenvalue weighted by atomic mass is 16.1. The Morgan fingerprint density at radius 1 is 1.22 bits per heavy atom. The molecule has 0 unspecified atom stereocenters. The fourth-order valence-corrected chi connectivity index (χ4v) is 1.54. The summed E-state index contributed by atoms with van der Waals surface area (Å²) >= 11 is 0. The van der Waals surface area contributed by atoms with Crippen molar-refractivity contribution in [3.05, 3.63) is 53.9 Å². The molecule has 5 heteroatoms. The van der Waals surface area contributed by atoms with Gasteiger partial charge in [-0.3, -0.25) is 15.6 Å². The molecule has 0 aliphatic rings. The van der Waals surface area contributed by atoms with Crippen LogP contribution < -0.4 is 16.6 Å². The molecule has 0 saturated heterocycles. The fraction of sp³-hybridized carbons (Fsp3) is 0.0769. The SMILES string of the molecule is Cc1ccc(NC(=O)c2ccncc2NN)cc1. The lowest BCUT2D eigenvalue weighted by Crippen LogP contribution is -2.17. The standard InChI is InChI=1S/C13H14N4O/c1-9-2-4-10(5-3-9)16-13(18)11-6-7-15-8-12(11)17-14/h2-8,17H,14H2,1H3,(H,16,18). The number of aryl methyl sites for hydroxylation is 1. The van der Waals surface area contributed by atoms with E-state index in [0.29, 0.717) is 11.3 Å². The summed E-state index contributed by atoms with van der Waals surface area (Å²) in [6.45, 7) is 1.99. The Balaban J connectivity index is 2.19. The first-order valence-corrected chi connectivity index (χ1v) is 5.49. The highest BCUT2D eigenvalue weighted by molar-refractivity contribution is 6.07. The molecule has 1 heterocycles. The minimum atomic E-state index is -0.228. The summed E-state index contributed by atoms with van der Waals surface area (Å²) in [4.78, 5) is 15.9. The summed E-state index contributed by atoms with van der Waals surface area (Å²) in [6, 6.07) is 9.18. The second-order valence-corrected chi connectivity index (χ2v) is 3.89. The van der Waals surface area contributed by atoms with Gasteiger partial charge in [-0.2, -0.15) is 0 Å². The number of carbonyl (C=O) groups excluding carboxylic acids is 1. The van der Waals surface area contributed by atoms with E-state index in [0.717, 1.165) is 11.3 Å². The molecule has 0 bridgehead atoms. The molecule has 0 aliphatic heterocycles. The minimum absolute atomic E-state index is 0.228. The molecule has 92 valence electrons. The number of amides is 1. The van der Waals surface area contributed by atoms with Crippen LogP contribution in [0.25, 0.3) is 0 Å². The van der Waals surface area contributed by atoms with E-state index in [4.69, 9.17) is 5.84 Å². The molecule has 5 nitrogen and oxygen atoms in total. The predicted molar refractivity (Wildman–Crippen MR) is 71.2 cm³/mol. The highest BCUT2D eigenvalue weighted by Crippen LogP contribution is 2.15. The van der Waals surface area contributed by atoms with Crippen molar-refractivity contribution in [2.45, 2.75) is 6.92 Å². The lowest BCUT2D eigenvalue weighted by molar-refractivity contribution is 0.102. The molecule has 1 aromatic carbocycles. The third-order valence-electron chi connectivity index (χ3n) is 2.53. The van der Waals surface area contributed by atoms with Gasteiger partial charge in [-0.25, -0.2) is 0 Å². The second kappa shape index (κ2) is 5.29. The van der Waals surface area contributed by atoms with Gasteiger partial charge in [-0.05, 0) is 25.1 Å². The molecular weight excluding hydrogens is 228 g/mol. The molecule has 0 fully saturated rings. The molecule has 1 aromatic heterocycles. The van der Waals surface area contributed by atoms with Crippen LogP contribution in [0.3, 0.4) is 0 Å². The van der Waals surface area contributed by atoms with Crippen LogP contribution in [0.2, 0.25) is 0 Å². The van der Waals surface area contributed by atoms with Gasteiger partial charge in [0, 0.05) is 11.9 Å². The van der Waals surface area contributed by atoms with Crippen molar-refractivity contribution in [1.82, 2.24) is 4.98 Å². The Hall–Kier alpha value is -2.40. The Morgan fingerprint density at radius 2 is 1.94 bits per heavy atom. The first-order valence-electron chi connectivity index (χ1n) is 5.49. The summed E-state index contributed by atoms with van der Waals surface area (Å²) in [7, 11) is 0. The van der Waals surface area contributed by atoms with Crippen LogP contribution in [-0.2, 0) is 0 Å². The van der Waals surface area contributed by atoms with Crippen LogP contribution in [0.5, 0.6) is 0 Å². The number of carbonyl (C=O) groups is 1. The Bertz CT molecular complexity index is 551.